The summed E-state index contributed by atoms with van der Waals surface area (Å²) >= 11 is 0. The third kappa shape index (κ3) is 3.03. The van der Waals surface area contributed by atoms with Crippen LogP contribution in [-0.2, 0) is 4.79 Å². The summed E-state index contributed by atoms with van der Waals surface area (Å²) < 4.78 is 5.96. The van der Waals surface area contributed by atoms with Gasteiger partial charge < -0.3 is 9.53 Å². The van der Waals surface area contributed by atoms with Crippen molar-refractivity contribution in [2.24, 2.45) is 5.92 Å². The van der Waals surface area contributed by atoms with E-state index in [4.69, 9.17) is 4.74 Å². The summed E-state index contributed by atoms with van der Waals surface area (Å²) in [5.74, 6) is 0.757. The number of rotatable bonds is 5. The van der Waals surface area contributed by atoms with E-state index in [0.717, 1.165) is 12.8 Å². The fourth-order valence-corrected chi connectivity index (χ4v) is 2.61. The lowest BCUT2D eigenvalue weighted by Crippen LogP contribution is -2.38. The molecule has 0 amide bonds. The van der Waals surface area contributed by atoms with Crippen molar-refractivity contribution in [2.45, 2.75) is 45.6 Å². The Kier molecular flexibility index (Phi) is 4.35. The number of hydrogen-bond acceptors (Lipinski definition) is 3. The minimum absolute atomic E-state index is 0.0910. The molecule has 2 atom stereocenters. The SMILES string of the molecule is CCCC1Oc2ccccc2C(=O)C1CCC(C)=O. The van der Waals surface area contributed by atoms with Crippen LogP contribution in [-0.4, -0.2) is 17.7 Å². The van der Waals surface area contributed by atoms with E-state index < -0.39 is 0 Å². The first-order valence-corrected chi connectivity index (χ1v) is 6.92. The molecule has 0 radical (unpaired) electrons. The predicted octanol–water partition coefficient (Wildman–Crippen LogP) is 3.42. The van der Waals surface area contributed by atoms with Crippen LogP contribution in [0.4, 0.5) is 0 Å². The second-order valence-corrected chi connectivity index (χ2v) is 5.15. The van der Waals surface area contributed by atoms with E-state index >= 15 is 0 Å². The Bertz CT molecular complexity index is 479. The molecule has 0 bridgehead atoms. The van der Waals surface area contributed by atoms with Crippen molar-refractivity contribution in [3.05, 3.63) is 29.8 Å². The van der Waals surface area contributed by atoms with Gasteiger partial charge in [-0.05, 0) is 31.9 Å². The molecule has 19 heavy (non-hydrogen) atoms. The molecule has 0 spiro atoms. The summed E-state index contributed by atoms with van der Waals surface area (Å²) in [5, 5.41) is 0. The van der Waals surface area contributed by atoms with Crippen LogP contribution in [0.3, 0.4) is 0 Å². The van der Waals surface area contributed by atoms with E-state index in [1.54, 1.807) is 13.0 Å². The molecular weight excluding hydrogens is 240 g/mol. The highest BCUT2D eigenvalue weighted by Crippen LogP contribution is 2.34. The van der Waals surface area contributed by atoms with E-state index in [1.165, 1.54) is 0 Å². The molecule has 2 rings (SSSR count). The Morgan fingerprint density at radius 1 is 1.26 bits per heavy atom. The zero-order valence-corrected chi connectivity index (χ0v) is 11.5. The van der Waals surface area contributed by atoms with Crippen molar-refractivity contribution in [1.82, 2.24) is 0 Å². The molecule has 0 N–H and O–H groups in total. The van der Waals surface area contributed by atoms with E-state index in [-0.39, 0.29) is 23.6 Å². The van der Waals surface area contributed by atoms with E-state index in [1.807, 2.05) is 18.2 Å². The van der Waals surface area contributed by atoms with Crippen molar-refractivity contribution in [2.75, 3.05) is 0 Å². The molecule has 2 unspecified atom stereocenters. The number of hydrogen-bond donors (Lipinski definition) is 0. The highest BCUT2D eigenvalue weighted by atomic mass is 16.5. The first-order chi connectivity index (χ1) is 9.13. The molecule has 1 aliphatic heterocycles. The number of Topliss-reactive ketones (excluding diaryl/α,β-unsaturated/α-hetero) is 2. The van der Waals surface area contributed by atoms with Gasteiger partial charge in [-0.2, -0.15) is 0 Å². The Morgan fingerprint density at radius 2 is 2.00 bits per heavy atom. The molecule has 0 saturated carbocycles. The van der Waals surface area contributed by atoms with Crippen molar-refractivity contribution >= 4 is 11.6 Å². The maximum absolute atomic E-state index is 12.5. The van der Waals surface area contributed by atoms with Gasteiger partial charge in [-0.3, -0.25) is 4.79 Å². The molecule has 102 valence electrons. The lowest BCUT2D eigenvalue weighted by molar-refractivity contribution is -0.117. The number of ether oxygens (including phenoxy) is 1. The molecule has 0 aromatic heterocycles. The van der Waals surface area contributed by atoms with Crippen LogP contribution in [0.15, 0.2) is 24.3 Å². The van der Waals surface area contributed by atoms with Gasteiger partial charge in [0, 0.05) is 6.42 Å². The van der Waals surface area contributed by atoms with Gasteiger partial charge in [0.1, 0.15) is 17.6 Å². The molecule has 0 fully saturated rings. The third-order valence-electron chi connectivity index (χ3n) is 3.60. The van der Waals surface area contributed by atoms with Crippen LogP contribution < -0.4 is 4.74 Å². The van der Waals surface area contributed by atoms with Crippen LogP contribution in [0.5, 0.6) is 5.75 Å². The smallest absolute Gasteiger partial charge is 0.173 e. The summed E-state index contributed by atoms with van der Waals surface area (Å²) in [6.07, 6.45) is 2.76. The molecule has 3 heteroatoms. The highest BCUT2D eigenvalue weighted by molar-refractivity contribution is 6.01. The molecule has 1 aromatic carbocycles. The molecule has 3 nitrogen and oxygen atoms in total. The Hall–Kier alpha value is -1.64. The van der Waals surface area contributed by atoms with Gasteiger partial charge in [0.15, 0.2) is 5.78 Å². The minimum atomic E-state index is -0.182. The standard InChI is InChI=1S/C16H20O3/c1-3-6-14-13(10-9-11(2)17)16(18)12-7-4-5-8-15(12)19-14/h4-5,7-8,13-14H,3,6,9-10H2,1-2H3. The largest absolute Gasteiger partial charge is 0.489 e. The zero-order chi connectivity index (χ0) is 13.8. The monoisotopic (exact) mass is 260 g/mol. The Labute approximate surface area is 114 Å². The summed E-state index contributed by atoms with van der Waals surface area (Å²) in [7, 11) is 0. The van der Waals surface area contributed by atoms with Crippen molar-refractivity contribution < 1.29 is 14.3 Å². The fraction of sp³-hybridized carbons (Fsp3) is 0.500. The van der Waals surface area contributed by atoms with Crippen molar-refractivity contribution in [3.8, 4) is 5.75 Å². The van der Waals surface area contributed by atoms with Gasteiger partial charge in [-0.15, -0.1) is 0 Å². The van der Waals surface area contributed by atoms with E-state index in [2.05, 4.69) is 6.92 Å². The van der Waals surface area contributed by atoms with Gasteiger partial charge in [0.25, 0.3) is 0 Å². The molecule has 1 aromatic rings. The summed E-state index contributed by atoms with van der Waals surface area (Å²) in [6, 6.07) is 7.38. The summed E-state index contributed by atoms with van der Waals surface area (Å²) in [5.41, 5.74) is 0.656. The average Bonchev–Trinajstić information content (AvgIpc) is 2.38. The van der Waals surface area contributed by atoms with Crippen LogP contribution in [0.25, 0.3) is 0 Å². The molecule has 0 saturated heterocycles. The Balaban J connectivity index is 2.23. The quantitative estimate of drug-likeness (QED) is 0.814. The number of benzene rings is 1. The van der Waals surface area contributed by atoms with Crippen molar-refractivity contribution in [3.63, 3.8) is 0 Å². The maximum atomic E-state index is 12.5. The van der Waals surface area contributed by atoms with Gasteiger partial charge in [-0.1, -0.05) is 25.5 Å². The average molecular weight is 260 g/mol. The minimum Gasteiger partial charge on any atom is -0.489 e. The zero-order valence-electron chi connectivity index (χ0n) is 11.5. The van der Waals surface area contributed by atoms with Gasteiger partial charge in [0.2, 0.25) is 0 Å². The third-order valence-corrected chi connectivity index (χ3v) is 3.60. The number of fused-ring (bicyclic) bond motifs is 1. The topological polar surface area (TPSA) is 43.4 Å². The second kappa shape index (κ2) is 6.00. The predicted molar refractivity (Wildman–Crippen MR) is 73.5 cm³/mol. The number of carbonyl (C=O) groups excluding carboxylic acids is 2. The second-order valence-electron chi connectivity index (χ2n) is 5.15. The first kappa shape index (κ1) is 13.8. The molecule has 1 heterocycles. The lowest BCUT2D eigenvalue weighted by atomic mass is 9.83. The highest BCUT2D eigenvalue weighted by Gasteiger charge is 2.36. The molecule has 1 aliphatic rings. The van der Waals surface area contributed by atoms with Crippen LogP contribution in [0.2, 0.25) is 0 Å². The summed E-state index contributed by atoms with van der Waals surface area (Å²) in [6.45, 7) is 3.65. The van der Waals surface area contributed by atoms with Gasteiger partial charge >= 0.3 is 0 Å². The van der Waals surface area contributed by atoms with Gasteiger partial charge in [0.05, 0.1) is 11.5 Å². The number of carbonyl (C=O) groups is 2. The van der Waals surface area contributed by atoms with Crippen molar-refractivity contribution in [1.29, 1.82) is 0 Å². The fourth-order valence-electron chi connectivity index (χ4n) is 2.61. The lowest BCUT2D eigenvalue weighted by Gasteiger charge is -2.32. The van der Waals surface area contributed by atoms with Crippen LogP contribution >= 0.6 is 0 Å². The Morgan fingerprint density at radius 3 is 2.68 bits per heavy atom. The van der Waals surface area contributed by atoms with Crippen LogP contribution in [0, 0.1) is 5.92 Å². The summed E-state index contributed by atoms with van der Waals surface area (Å²) in [4.78, 5) is 23.7. The van der Waals surface area contributed by atoms with E-state index in [9.17, 15) is 9.59 Å². The maximum Gasteiger partial charge on any atom is 0.173 e. The van der Waals surface area contributed by atoms with Crippen LogP contribution in [0.1, 0.15) is 49.9 Å². The number of para-hydroxylation sites is 1. The normalized spacial score (nSPS) is 21.7. The van der Waals surface area contributed by atoms with Gasteiger partial charge in [-0.25, -0.2) is 0 Å². The number of ketones is 2. The molecular formula is C16H20O3. The molecule has 0 aliphatic carbocycles. The van der Waals surface area contributed by atoms with E-state index in [0.29, 0.717) is 24.2 Å². The first-order valence-electron chi connectivity index (χ1n) is 6.92.